The molecule has 0 amide bonds. The van der Waals surface area contributed by atoms with E-state index in [1.54, 1.807) is 56.3 Å². The molecule has 0 spiro atoms. The summed E-state index contributed by atoms with van der Waals surface area (Å²) in [6, 6.07) is 11.5. The summed E-state index contributed by atoms with van der Waals surface area (Å²) in [4.78, 5) is 34.6. The van der Waals surface area contributed by atoms with Crippen LogP contribution in [0.25, 0.3) is 11.0 Å². The molecule has 0 bridgehead atoms. The molecule has 0 saturated heterocycles. The molecule has 0 aliphatic carbocycles. The summed E-state index contributed by atoms with van der Waals surface area (Å²) in [6.07, 6.45) is -1.90. The predicted molar refractivity (Wildman–Crippen MR) is 95.5 cm³/mol. The van der Waals surface area contributed by atoms with Crippen LogP contribution in [-0.2, 0) is 16.0 Å². The van der Waals surface area contributed by atoms with Gasteiger partial charge in [0.25, 0.3) is 0 Å². The maximum absolute atomic E-state index is 12.2. The van der Waals surface area contributed by atoms with Crippen molar-refractivity contribution in [1.82, 2.24) is 0 Å². The van der Waals surface area contributed by atoms with Gasteiger partial charge in [-0.2, -0.15) is 0 Å². The van der Waals surface area contributed by atoms with Crippen molar-refractivity contribution < 1.29 is 29.0 Å². The molecule has 0 aliphatic heterocycles. The molecule has 1 heterocycles. The number of carbonyl (C=O) groups is 2. The van der Waals surface area contributed by atoms with Crippen LogP contribution in [0, 0.1) is 13.8 Å². The van der Waals surface area contributed by atoms with Crippen molar-refractivity contribution in [1.29, 1.82) is 0 Å². The van der Waals surface area contributed by atoms with Crippen LogP contribution in [0.5, 0.6) is 5.75 Å². The lowest BCUT2D eigenvalue weighted by atomic mass is 10.0. The third-order valence-corrected chi connectivity index (χ3v) is 4.54. The fraction of sp³-hybridized carbons (Fsp3) is 0.190. The maximum Gasteiger partial charge on any atom is 0.340 e. The molecule has 7 nitrogen and oxygen atoms in total. The van der Waals surface area contributed by atoms with Crippen LogP contribution in [0.3, 0.4) is 0 Å². The number of hydrogen-bond donors (Lipinski definition) is 0. The smallest absolute Gasteiger partial charge is 0.340 e. The first kappa shape index (κ1) is 19.2. The number of fused-ring (bicyclic) bond motifs is 1. The second kappa shape index (κ2) is 7.56. The van der Waals surface area contributed by atoms with Gasteiger partial charge >= 0.3 is 5.63 Å². The van der Waals surface area contributed by atoms with Crippen molar-refractivity contribution in [2.24, 2.45) is 0 Å². The van der Waals surface area contributed by atoms with Crippen LogP contribution < -0.4 is 20.6 Å². The number of rotatable bonds is 6. The fourth-order valence-electron chi connectivity index (χ4n) is 3.05. The second-order valence-corrected chi connectivity index (χ2v) is 6.33. The Morgan fingerprint density at radius 3 is 2.32 bits per heavy atom. The molecule has 0 saturated carbocycles. The van der Waals surface area contributed by atoms with Gasteiger partial charge in [0.05, 0.1) is 5.97 Å². The van der Waals surface area contributed by atoms with Gasteiger partial charge in [-0.1, -0.05) is 30.3 Å². The SMILES string of the molecule is Cc1c(CC(=O)[O-])c(=O)oc2c(C)c(O[C@H](C(=O)[O-])c3ccccc3)ccc12. The summed E-state index contributed by atoms with van der Waals surface area (Å²) in [5.74, 6) is -2.58. The van der Waals surface area contributed by atoms with E-state index in [1.807, 2.05) is 0 Å². The van der Waals surface area contributed by atoms with Crippen molar-refractivity contribution in [2.45, 2.75) is 26.4 Å². The third-order valence-electron chi connectivity index (χ3n) is 4.54. The Hall–Kier alpha value is -3.61. The number of aliphatic carboxylic acids is 2. The molecule has 0 N–H and O–H groups in total. The zero-order valence-corrected chi connectivity index (χ0v) is 15.2. The number of carboxylic acid groups (broad SMARTS) is 2. The summed E-state index contributed by atoms with van der Waals surface area (Å²) in [6.45, 7) is 3.24. The molecule has 28 heavy (non-hydrogen) atoms. The Morgan fingerprint density at radius 1 is 1.04 bits per heavy atom. The minimum Gasteiger partial charge on any atom is -0.550 e. The summed E-state index contributed by atoms with van der Waals surface area (Å²) in [7, 11) is 0. The largest absolute Gasteiger partial charge is 0.550 e. The van der Waals surface area contributed by atoms with Gasteiger partial charge in [0.2, 0.25) is 0 Å². The summed E-state index contributed by atoms with van der Waals surface area (Å²) >= 11 is 0. The van der Waals surface area contributed by atoms with Crippen LogP contribution in [0.4, 0.5) is 0 Å². The predicted octanol–water partition coefficient (Wildman–Crippen LogP) is 0.572. The zero-order chi connectivity index (χ0) is 20.4. The second-order valence-electron chi connectivity index (χ2n) is 6.33. The number of carboxylic acids is 2. The van der Waals surface area contributed by atoms with E-state index in [1.165, 1.54) is 0 Å². The van der Waals surface area contributed by atoms with Gasteiger partial charge in [-0.25, -0.2) is 4.79 Å². The Morgan fingerprint density at radius 2 is 1.71 bits per heavy atom. The standard InChI is InChI=1S/C21H18O7/c1-11-14-8-9-16(27-19(20(24)25)13-6-4-3-5-7-13)12(2)18(14)28-21(26)15(11)10-17(22)23/h3-9,19H,10H2,1-2H3,(H,22,23)(H,24,25)/p-2/t19-/m0/s1. The lowest BCUT2D eigenvalue weighted by molar-refractivity contribution is -0.314. The van der Waals surface area contributed by atoms with Gasteiger partial charge in [0.1, 0.15) is 11.3 Å². The first-order valence-corrected chi connectivity index (χ1v) is 8.47. The molecule has 1 aromatic heterocycles. The normalized spacial score (nSPS) is 11.9. The topological polar surface area (TPSA) is 120 Å². The van der Waals surface area contributed by atoms with Gasteiger partial charge in [0.15, 0.2) is 6.10 Å². The molecule has 0 fully saturated rings. The van der Waals surface area contributed by atoms with E-state index in [0.717, 1.165) is 0 Å². The van der Waals surface area contributed by atoms with E-state index in [-0.39, 0.29) is 16.9 Å². The summed E-state index contributed by atoms with van der Waals surface area (Å²) < 4.78 is 11.0. The lowest BCUT2D eigenvalue weighted by Crippen LogP contribution is -2.33. The first-order valence-electron chi connectivity index (χ1n) is 8.47. The molecule has 2 aromatic carbocycles. The van der Waals surface area contributed by atoms with E-state index in [0.29, 0.717) is 22.1 Å². The summed E-state index contributed by atoms with van der Waals surface area (Å²) in [5, 5.41) is 23.0. The number of aryl methyl sites for hydroxylation is 2. The Bertz CT molecular complexity index is 1110. The average molecular weight is 380 g/mol. The highest BCUT2D eigenvalue weighted by Crippen LogP contribution is 2.32. The average Bonchev–Trinajstić information content (AvgIpc) is 2.65. The molecule has 3 rings (SSSR count). The van der Waals surface area contributed by atoms with Gasteiger partial charge in [-0.15, -0.1) is 0 Å². The third kappa shape index (κ3) is 3.59. The molecule has 7 heteroatoms. The number of hydrogen-bond acceptors (Lipinski definition) is 7. The first-order chi connectivity index (χ1) is 13.3. The highest BCUT2D eigenvalue weighted by molar-refractivity contribution is 5.86. The Labute approximate surface area is 159 Å². The van der Waals surface area contributed by atoms with Crippen LogP contribution in [0.15, 0.2) is 51.7 Å². The molecular formula is C21H16O7-2. The minimum atomic E-state index is -1.41. The fourth-order valence-corrected chi connectivity index (χ4v) is 3.05. The molecular weight excluding hydrogens is 364 g/mol. The molecule has 144 valence electrons. The van der Waals surface area contributed by atoms with Crippen LogP contribution >= 0.6 is 0 Å². The highest BCUT2D eigenvalue weighted by atomic mass is 16.5. The van der Waals surface area contributed by atoms with Crippen molar-refractivity contribution in [2.75, 3.05) is 0 Å². The van der Waals surface area contributed by atoms with Crippen LogP contribution in [0.1, 0.15) is 28.4 Å². The molecule has 0 radical (unpaired) electrons. The monoisotopic (exact) mass is 380 g/mol. The zero-order valence-electron chi connectivity index (χ0n) is 15.2. The van der Waals surface area contributed by atoms with Gasteiger partial charge in [-0.05, 0) is 37.1 Å². The van der Waals surface area contributed by atoms with E-state index in [2.05, 4.69) is 0 Å². The van der Waals surface area contributed by atoms with Gasteiger partial charge in [-0.3, -0.25) is 0 Å². The van der Waals surface area contributed by atoms with E-state index in [4.69, 9.17) is 9.15 Å². The maximum atomic E-state index is 12.2. The quantitative estimate of drug-likeness (QED) is 0.573. The van der Waals surface area contributed by atoms with Crippen molar-refractivity contribution >= 4 is 22.9 Å². The molecule has 0 aliphatic rings. The molecule has 0 unspecified atom stereocenters. The van der Waals surface area contributed by atoms with Gasteiger partial charge in [0, 0.05) is 28.9 Å². The van der Waals surface area contributed by atoms with Crippen molar-refractivity contribution in [3.05, 3.63) is 75.1 Å². The number of benzene rings is 2. The van der Waals surface area contributed by atoms with E-state index >= 15 is 0 Å². The van der Waals surface area contributed by atoms with Crippen molar-refractivity contribution in [3.8, 4) is 5.75 Å². The van der Waals surface area contributed by atoms with E-state index in [9.17, 15) is 24.6 Å². The summed E-state index contributed by atoms with van der Waals surface area (Å²) in [5.41, 5.74) is 0.715. The highest BCUT2D eigenvalue weighted by Gasteiger charge is 2.19. The molecule has 1 atom stereocenters. The van der Waals surface area contributed by atoms with Crippen molar-refractivity contribution in [3.63, 3.8) is 0 Å². The number of ether oxygens (including phenoxy) is 1. The number of carbonyl (C=O) groups excluding carboxylic acids is 2. The lowest BCUT2D eigenvalue weighted by Gasteiger charge is -2.22. The van der Waals surface area contributed by atoms with Crippen LogP contribution in [-0.4, -0.2) is 11.9 Å². The molecule has 3 aromatic rings. The van der Waals surface area contributed by atoms with E-state index < -0.39 is 30.1 Å². The van der Waals surface area contributed by atoms with Gasteiger partial charge < -0.3 is 29.0 Å². The minimum absolute atomic E-state index is 0.0115. The Balaban J connectivity index is 2.08. The van der Waals surface area contributed by atoms with Crippen LogP contribution in [0.2, 0.25) is 0 Å². The Kier molecular flexibility index (Phi) is 5.17.